The summed E-state index contributed by atoms with van der Waals surface area (Å²) in [6.45, 7) is 0. The molecule has 0 bridgehead atoms. The molecule has 1 fully saturated rings. The van der Waals surface area contributed by atoms with Crippen molar-refractivity contribution in [3.63, 3.8) is 0 Å². The van der Waals surface area contributed by atoms with Crippen molar-refractivity contribution in [2.24, 2.45) is 0 Å². The summed E-state index contributed by atoms with van der Waals surface area (Å²) >= 11 is 1.64. The van der Waals surface area contributed by atoms with Crippen LogP contribution >= 0.6 is 11.8 Å². The average Bonchev–Trinajstić information content (AvgIpc) is 2.98. The minimum absolute atomic E-state index is 0.0603. The van der Waals surface area contributed by atoms with Crippen molar-refractivity contribution in [2.45, 2.75) is 24.9 Å². The Morgan fingerprint density at radius 1 is 1.43 bits per heavy atom. The Balaban J connectivity index is 2.05. The van der Waals surface area contributed by atoms with Crippen LogP contribution in [0.4, 0.5) is 4.39 Å². The van der Waals surface area contributed by atoms with Gasteiger partial charge in [-0.15, -0.1) is 11.8 Å². The molecule has 1 saturated heterocycles. The molecule has 1 aliphatic rings. The maximum atomic E-state index is 13.0. The highest BCUT2D eigenvalue weighted by Gasteiger charge is 2.25. The first kappa shape index (κ1) is 15.8. The lowest BCUT2D eigenvalue weighted by atomic mass is 10.0. The molecule has 3 N–H and O–H groups in total. The molecule has 1 heterocycles. The summed E-state index contributed by atoms with van der Waals surface area (Å²) in [6, 6.07) is 5.06. The topological polar surface area (TPSA) is 78.4 Å². The average molecular weight is 312 g/mol. The molecule has 0 aromatic heterocycles. The minimum Gasteiger partial charge on any atom is -0.481 e. The van der Waals surface area contributed by atoms with Gasteiger partial charge in [0, 0.05) is 18.1 Å². The maximum absolute atomic E-state index is 13.0. The highest BCUT2D eigenvalue weighted by Crippen LogP contribution is 2.20. The number of hydrogen-bond acceptors (Lipinski definition) is 4. The zero-order valence-corrected chi connectivity index (χ0v) is 12.2. The van der Waals surface area contributed by atoms with Crippen molar-refractivity contribution in [3.8, 4) is 0 Å². The first-order chi connectivity index (χ1) is 10.1. The van der Waals surface area contributed by atoms with Gasteiger partial charge in [-0.05, 0) is 24.1 Å². The van der Waals surface area contributed by atoms with Gasteiger partial charge in [0.2, 0.25) is 5.91 Å². The van der Waals surface area contributed by atoms with E-state index < -0.39 is 12.0 Å². The van der Waals surface area contributed by atoms with E-state index in [0.29, 0.717) is 11.3 Å². The highest BCUT2D eigenvalue weighted by atomic mass is 32.2. The van der Waals surface area contributed by atoms with Crippen molar-refractivity contribution in [1.82, 2.24) is 10.6 Å². The third-order valence-corrected chi connectivity index (χ3v) is 4.21. The van der Waals surface area contributed by atoms with Crippen LogP contribution in [0.1, 0.15) is 24.4 Å². The molecular weight excluding hydrogens is 295 g/mol. The number of thioether (sulfide) groups is 1. The van der Waals surface area contributed by atoms with Crippen LogP contribution in [0.3, 0.4) is 0 Å². The fourth-order valence-electron chi connectivity index (χ4n) is 2.12. The number of aliphatic carboxylic acids is 1. The number of rotatable bonds is 6. The van der Waals surface area contributed by atoms with Crippen LogP contribution in [0.5, 0.6) is 0 Å². The minimum atomic E-state index is -0.925. The number of halogens is 1. The molecule has 1 aliphatic heterocycles. The van der Waals surface area contributed by atoms with Crippen LogP contribution < -0.4 is 10.6 Å². The van der Waals surface area contributed by atoms with Crippen molar-refractivity contribution < 1.29 is 19.1 Å². The lowest BCUT2D eigenvalue weighted by Crippen LogP contribution is -2.43. The van der Waals surface area contributed by atoms with E-state index in [1.165, 1.54) is 12.1 Å². The summed E-state index contributed by atoms with van der Waals surface area (Å²) in [5.41, 5.74) is 0.705. The van der Waals surface area contributed by atoms with Gasteiger partial charge in [-0.25, -0.2) is 4.39 Å². The Morgan fingerprint density at radius 3 is 2.71 bits per heavy atom. The van der Waals surface area contributed by atoms with Gasteiger partial charge in [0.05, 0.1) is 12.1 Å². The lowest BCUT2D eigenvalue weighted by Gasteiger charge is -2.20. The van der Waals surface area contributed by atoms with Gasteiger partial charge in [0.15, 0.2) is 0 Å². The molecule has 114 valence electrons. The van der Waals surface area contributed by atoms with Crippen molar-refractivity contribution >= 4 is 23.6 Å². The maximum Gasteiger partial charge on any atom is 0.303 e. The van der Waals surface area contributed by atoms with E-state index in [9.17, 15) is 14.0 Å². The van der Waals surface area contributed by atoms with Gasteiger partial charge < -0.3 is 10.4 Å². The second kappa shape index (κ2) is 7.42. The molecule has 2 atom stereocenters. The Morgan fingerprint density at radius 2 is 2.14 bits per heavy atom. The summed E-state index contributed by atoms with van der Waals surface area (Å²) < 4.78 is 13.0. The summed E-state index contributed by atoms with van der Waals surface area (Å²) in [5, 5.41) is 14.7. The van der Waals surface area contributed by atoms with E-state index in [1.54, 1.807) is 23.9 Å². The Labute approximate surface area is 126 Å². The molecule has 2 unspecified atom stereocenters. The van der Waals surface area contributed by atoms with Gasteiger partial charge in [-0.2, -0.15) is 0 Å². The lowest BCUT2D eigenvalue weighted by molar-refractivity contribution is -0.137. The zero-order valence-electron chi connectivity index (χ0n) is 11.3. The second-order valence-corrected chi connectivity index (χ2v) is 5.85. The van der Waals surface area contributed by atoms with Crippen LogP contribution in [-0.2, 0) is 9.59 Å². The third kappa shape index (κ3) is 4.71. The van der Waals surface area contributed by atoms with Crippen LogP contribution in [-0.4, -0.2) is 34.7 Å². The monoisotopic (exact) mass is 312 g/mol. The van der Waals surface area contributed by atoms with E-state index in [4.69, 9.17) is 5.11 Å². The van der Waals surface area contributed by atoms with Crippen LogP contribution in [0.2, 0.25) is 0 Å². The molecule has 2 rings (SSSR count). The van der Waals surface area contributed by atoms with Crippen LogP contribution in [0.15, 0.2) is 24.3 Å². The zero-order chi connectivity index (χ0) is 15.2. The van der Waals surface area contributed by atoms with E-state index in [-0.39, 0.29) is 30.6 Å². The molecule has 7 heteroatoms. The molecule has 21 heavy (non-hydrogen) atoms. The SMILES string of the molecule is O=C(O)CCC(NC(=O)C1CSCN1)c1ccc(F)cc1. The van der Waals surface area contributed by atoms with Gasteiger partial charge in [0.1, 0.15) is 5.82 Å². The second-order valence-electron chi connectivity index (χ2n) is 4.82. The number of amides is 1. The number of carboxylic acid groups (broad SMARTS) is 1. The predicted octanol–water partition coefficient (Wildman–Crippen LogP) is 1.51. The van der Waals surface area contributed by atoms with E-state index >= 15 is 0 Å². The Kier molecular flexibility index (Phi) is 5.58. The number of benzene rings is 1. The van der Waals surface area contributed by atoms with Gasteiger partial charge in [-0.3, -0.25) is 14.9 Å². The molecule has 0 aliphatic carbocycles. The normalized spacial score (nSPS) is 19.2. The largest absolute Gasteiger partial charge is 0.481 e. The van der Waals surface area contributed by atoms with E-state index in [1.807, 2.05) is 0 Å². The predicted molar refractivity (Wildman–Crippen MR) is 78.4 cm³/mol. The first-order valence-corrected chi connectivity index (χ1v) is 7.80. The number of hydrogen-bond donors (Lipinski definition) is 3. The fourth-order valence-corrected chi connectivity index (χ4v) is 3.06. The van der Waals surface area contributed by atoms with Crippen LogP contribution in [0.25, 0.3) is 0 Å². The summed E-state index contributed by atoms with van der Waals surface area (Å²) in [6.07, 6.45) is 0.210. The van der Waals surface area contributed by atoms with Gasteiger partial charge in [-0.1, -0.05) is 12.1 Å². The van der Waals surface area contributed by atoms with Gasteiger partial charge in [0.25, 0.3) is 0 Å². The number of carbonyl (C=O) groups is 2. The number of carbonyl (C=O) groups excluding carboxylic acids is 1. The molecule has 1 aromatic rings. The van der Waals surface area contributed by atoms with Crippen molar-refractivity contribution in [2.75, 3.05) is 11.6 Å². The van der Waals surface area contributed by atoms with Crippen molar-refractivity contribution in [3.05, 3.63) is 35.6 Å². The molecule has 0 radical (unpaired) electrons. The molecule has 5 nitrogen and oxygen atoms in total. The van der Waals surface area contributed by atoms with Crippen LogP contribution in [0, 0.1) is 5.82 Å². The Bertz CT molecular complexity index is 503. The number of carboxylic acids is 1. The summed E-state index contributed by atoms with van der Waals surface area (Å²) in [5.74, 6) is -0.0171. The Hall–Kier alpha value is -1.60. The molecule has 0 saturated carbocycles. The molecular formula is C14H17FN2O3S. The summed E-state index contributed by atoms with van der Waals surface area (Å²) in [7, 11) is 0. The quantitative estimate of drug-likeness (QED) is 0.742. The molecule has 1 aromatic carbocycles. The fraction of sp³-hybridized carbons (Fsp3) is 0.429. The third-order valence-electron chi connectivity index (χ3n) is 3.27. The van der Waals surface area contributed by atoms with Gasteiger partial charge >= 0.3 is 5.97 Å². The van der Waals surface area contributed by atoms with E-state index in [2.05, 4.69) is 10.6 Å². The summed E-state index contributed by atoms with van der Waals surface area (Å²) in [4.78, 5) is 22.9. The molecule has 0 spiro atoms. The molecule has 1 amide bonds. The highest BCUT2D eigenvalue weighted by molar-refractivity contribution is 7.99. The standard InChI is InChI=1S/C14H17FN2O3S/c15-10-3-1-9(2-4-10)11(5-6-13(18)19)17-14(20)12-7-21-8-16-12/h1-4,11-12,16H,5-8H2,(H,17,20)(H,18,19). The first-order valence-electron chi connectivity index (χ1n) is 6.65. The van der Waals surface area contributed by atoms with Crippen molar-refractivity contribution in [1.29, 1.82) is 0 Å². The van der Waals surface area contributed by atoms with E-state index in [0.717, 1.165) is 5.88 Å². The smallest absolute Gasteiger partial charge is 0.303 e. The number of nitrogens with one attached hydrogen (secondary N) is 2.